The standard InChI is InChI=1S/C11H16N2S/c12-14-11-10(7-4-8-13-11)9-5-2-1-3-6-9/h4,7-9H,1-3,5-6,12H2. The van der Waals surface area contributed by atoms with E-state index in [9.17, 15) is 0 Å². The SMILES string of the molecule is NSc1ncccc1C1CCCCC1. The van der Waals surface area contributed by atoms with E-state index in [0.717, 1.165) is 5.03 Å². The van der Waals surface area contributed by atoms with E-state index in [-0.39, 0.29) is 0 Å². The summed E-state index contributed by atoms with van der Waals surface area (Å²) in [5.41, 5.74) is 1.36. The van der Waals surface area contributed by atoms with E-state index in [4.69, 9.17) is 5.14 Å². The van der Waals surface area contributed by atoms with Gasteiger partial charge in [0.1, 0.15) is 5.03 Å². The minimum absolute atomic E-state index is 0.698. The van der Waals surface area contributed by atoms with E-state index in [2.05, 4.69) is 11.1 Å². The second-order valence-electron chi connectivity index (χ2n) is 3.85. The van der Waals surface area contributed by atoms with Gasteiger partial charge in [-0.3, -0.25) is 5.14 Å². The Balaban J connectivity index is 2.20. The van der Waals surface area contributed by atoms with Gasteiger partial charge in [-0.25, -0.2) is 4.98 Å². The zero-order valence-electron chi connectivity index (χ0n) is 8.28. The zero-order valence-corrected chi connectivity index (χ0v) is 9.09. The first-order valence-corrected chi connectivity index (χ1v) is 6.11. The van der Waals surface area contributed by atoms with Crippen LogP contribution in [0.3, 0.4) is 0 Å². The second-order valence-corrected chi connectivity index (χ2v) is 4.47. The maximum atomic E-state index is 5.61. The van der Waals surface area contributed by atoms with Crippen LogP contribution in [0.2, 0.25) is 0 Å². The molecular formula is C11H16N2S. The molecule has 1 aromatic heterocycles. The van der Waals surface area contributed by atoms with Gasteiger partial charge in [-0.15, -0.1) is 0 Å². The Morgan fingerprint density at radius 3 is 2.79 bits per heavy atom. The lowest BCUT2D eigenvalue weighted by Crippen LogP contribution is -2.07. The van der Waals surface area contributed by atoms with Crippen LogP contribution in [0.1, 0.15) is 43.6 Å². The molecule has 2 N–H and O–H groups in total. The minimum Gasteiger partial charge on any atom is -0.272 e. The first kappa shape index (κ1) is 9.99. The molecule has 1 aliphatic rings. The molecule has 1 aromatic rings. The Labute approximate surface area is 89.4 Å². The molecule has 2 nitrogen and oxygen atoms in total. The molecule has 1 aliphatic carbocycles. The predicted octanol–water partition coefficient (Wildman–Crippen LogP) is 3.10. The molecule has 0 radical (unpaired) electrons. The highest BCUT2D eigenvalue weighted by atomic mass is 32.2. The van der Waals surface area contributed by atoms with Gasteiger partial charge in [0, 0.05) is 6.20 Å². The van der Waals surface area contributed by atoms with Crippen LogP contribution in [0.5, 0.6) is 0 Å². The number of nitrogens with zero attached hydrogens (tertiary/aromatic N) is 1. The van der Waals surface area contributed by atoms with Gasteiger partial charge in [-0.2, -0.15) is 0 Å². The highest BCUT2D eigenvalue weighted by Gasteiger charge is 2.18. The summed E-state index contributed by atoms with van der Waals surface area (Å²) in [6, 6.07) is 4.20. The molecule has 0 spiro atoms. The fraction of sp³-hybridized carbons (Fsp3) is 0.545. The molecule has 1 saturated carbocycles. The van der Waals surface area contributed by atoms with E-state index in [1.54, 1.807) is 0 Å². The largest absolute Gasteiger partial charge is 0.272 e. The van der Waals surface area contributed by atoms with Gasteiger partial charge in [0.25, 0.3) is 0 Å². The van der Waals surface area contributed by atoms with E-state index in [1.165, 1.54) is 49.6 Å². The Morgan fingerprint density at radius 2 is 2.07 bits per heavy atom. The number of hydrogen-bond acceptors (Lipinski definition) is 3. The lowest BCUT2D eigenvalue weighted by atomic mass is 9.85. The Bertz CT molecular complexity index is 295. The first-order chi connectivity index (χ1) is 6.92. The fourth-order valence-electron chi connectivity index (χ4n) is 2.23. The van der Waals surface area contributed by atoms with E-state index >= 15 is 0 Å². The Kier molecular flexibility index (Phi) is 3.43. The third-order valence-electron chi connectivity index (χ3n) is 2.96. The van der Waals surface area contributed by atoms with Crippen molar-refractivity contribution in [2.45, 2.75) is 43.0 Å². The van der Waals surface area contributed by atoms with Gasteiger partial charge >= 0.3 is 0 Å². The maximum Gasteiger partial charge on any atom is 0.114 e. The molecule has 2 rings (SSSR count). The monoisotopic (exact) mass is 208 g/mol. The lowest BCUT2D eigenvalue weighted by molar-refractivity contribution is 0.438. The van der Waals surface area contributed by atoms with Crippen LogP contribution in [0, 0.1) is 0 Å². The third kappa shape index (κ3) is 2.10. The van der Waals surface area contributed by atoms with Crippen LogP contribution >= 0.6 is 11.9 Å². The number of aromatic nitrogens is 1. The van der Waals surface area contributed by atoms with Gasteiger partial charge in [-0.05, 0) is 42.3 Å². The van der Waals surface area contributed by atoms with Gasteiger partial charge in [-0.1, -0.05) is 25.3 Å². The average molecular weight is 208 g/mol. The summed E-state index contributed by atoms with van der Waals surface area (Å²) in [6.45, 7) is 0. The summed E-state index contributed by atoms with van der Waals surface area (Å²) < 4.78 is 0. The zero-order chi connectivity index (χ0) is 9.80. The van der Waals surface area contributed by atoms with Crippen molar-refractivity contribution in [2.24, 2.45) is 5.14 Å². The highest BCUT2D eigenvalue weighted by Crippen LogP contribution is 2.35. The molecule has 0 unspecified atom stereocenters. The molecule has 14 heavy (non-hydrogen) atoms. The van der Waals surface area contributed by atoms with Gasteiger partial charge in [0.2, 0.25) is 0 Å². The fourth-order valence-corrected chi connectivity index (χ4v) is 2.72. The quantitative estimate of drug-likeness (QED) is 0.759. The number of pyridine rings is 1. The predicted molar refractivity (Wildman–Crippen MR) is 60.1 cm³/mol. The van der Waals surface area contributed by atoms with Gasteiger partial charge in [0.05, 0.1) is 0 Å². The molecule has 1 fully saturated rings. The van der Waals surface area contributed by atoms with Crippen molar-refractivity contribution in [1.82, 2.24) is 4.98 Å². The van der Waals surface area contributed by atoms with Crippen LogP contribution in [-0.2, 0) is 0 Å². The van der Waals surface area contributed by atoms with Gasteiger partial charge in [0.15, 0.2) is 0 Å². The molecule has 1 heterocycles. The molecule has 0 aliphatic heterocycles. The summed E-state index contributed by atoms with van der Waals surface area (Å²) in [5, 5.41) is 6.62. The lowest BCUT2D eigenvalue weighted by Gasteiger charge is -2.22. The van der Waals surface area contributed by atoms with Crippen LogP contribution in [0.15, 0.2) is 23.4 Å². The van der Waals surface area contributed by atoms with Crippen LogP contribution < -0.4 is 5.14 Å². The van der Waals surface area contributed by atoms with Crippen molar-refractivity contribution in [3.8, 4) is 0 Å². The first-order valence-electron chi connectivity index (χ1n) is 5.23. The Hall–Kier alpha value is -0.540. The van der Waals surface area contributed by atoms with Crippen molar-refractivity contribution in [3.63, 3.8) is 0 Å². The number of rotatable bonds is 2. The average Bonchev–Trinajstić information content (AvgIpc) is 2.30. The molecule has 0 saturated heterocycles. The van der Waals surface area contributed by atoms with Crippen molar-refractivity contribution in [1.29, 1.82) is 0 Å². The summed E-state index contributed by atoms with van der Waals surface area (Å²) in [5.74, 6) is 0.698. The third-order valence-corrected chi connectivity index (χ3v) is 3.52. The van der Waals surface area contributed by atoms with Crippen LogP contribution in [0.4, 0.5) is 0 Å². The highest BCUT2D eigenvalue weighted by molar-refractivity contribution is 7.97. The normalized spacial score (nSPS) is 18.4. The topological polar surface area (TPSA) is 38.9 Å². The Morgan fingerprint density at radius 1 is 1.29 bits per heavy atom. The summed E-state index contributed by atoms with van der Waals surface area (Å²) in [6.07, 6.45) is 8.53. The van der Waals surface area contributed by atoms with E-state index in [0.29, 0.717) is 5.92 Å². The number of nitrogens with two attached hydrogens (primary N) is 1. The molecule has 0 aromatic carbocycles. The van der Waals surface area contributed by atoms with E-state index in [1.807, 2.05) is 12.3 Å². The summed E-state index contributed by atoms with van der Waals surface area (Å²) in [4.78, 5) is 4.31. The maximum absolute atomic E-state index is 5.61. The minimum atomic E-state index is 0.698. The molecule has 0 bridgehead atoms. The smallest absolute Gasteiger partial charge is 0.114 e. The van der Waals surface area contributed by atoms with Crippen LogP contribution in [-0.4, -0.2) is 4.98 Å². The van der Waals surface area contributed by atoms with Crippen LogP contribution in [0.25, 0.3) is 0 Å². The van der Waals surface area contributed by atoms with Gasteiger partial charge < -0.3 is 0 Å². The van der Waals surface area contributed by atoms with Crippen molar-refractivity contribution in [3.05, 3.63) is 23.9 Å². The molecule has 0 atom stereocenters. The summed E-state index contributed by atoms with van der Waals surface area (Å²) in [7, 11) is 0. The number of hydrogen-bond donors (Lipinski definition) is 1. The molecule has 76 valence electrons. The molecule has 3 heteroatoms. The second kappa shape index (κ2) is 4.80. The van der Waals surface area contributed by atoms with Crippen molar-refractivity contribution in [2.75, 3.05) is 0 Å². The molecular weight excluding hydrogens is 192 g/mol. The van der Waals surface area contributed by atoms with Crippen molar-refractivity contribution < 1.29 is 0 Å². The summed E-state index contributed by atoms with van der Waals surface area (Å²) >= 11 is 1.28. The molecule has 0 amide bonds. The van der Waals surface area contributed by atoms with Crippen molar-refractivity contribution >= 4 is 11.9 Å². The van der Waals surface area contributed by atoms with E-state index < -0.39 is 0 Å².